The molecular formula is C16H15NO5S. The molecule has 0 fully saturated rings. The van der Waals surface area contributed by atoms with Crippen LogP contribution in [0.5, 0.6) is 0 Å². The van der Waals surface area contributed by atoms with Crippen LogP contribution in [0.3, 0.4) is 0 Å². The van der Waals surface area contributed by atoms with Crippen molar-refractivity contribution in [1.82, 2.24) is 0 Å². The zero-order valence-electron chi connectivity index (χ0n) is 12.4. The van der Waals surface area contributed by atoms with Gasteiger partial charge in [0.05, 0.1) is 22.3 Å². The summed E-state index contributed by atoms with van der Waals surface area (Å²) < 4.78 is 36.4. The van der Waals surface area contributed by atoms with Crippen LogP contribution in [-0.2, 0) is 14.9 Å². The first-order chi connectivity index (χ1) is 10.8. The Bertz CT molecular complexity index is 960. The summed E-state index contributed by atoms with van der Waals surface area (Å²) >= 11 is 0. The van der Waals surface area contributed by atoms with Gasteiger partial charge in [-0.1, -0.05) is 12.1 Å². The maximum Gasteiger partial charge on any atom is 0.303 e. The van der Waals surface area contributed by atoms with Crippen LogP contribution in [0.2, 0.25) is 0 Å². The van der Waals surface area contributed by atoms with Crippen molar-refractivity contribution >= 4 is 38.3 Å². The maximum absolute atomic E-state index is 11.5. The summed E-state index contributed by atoms with van der Waals surface area (Å²) in [5, 5.41) is 9.92. The topological polar surface area (TPSA) is 97.5 Å². The van der Waals surface area contributed by atoms with Gasteiger partial charge < -0.3 is 9.66 Å². The van der Waals surface area contributed by atoms with E-state index in [-0.39, 0.29) is 11.3 Å². The Kier molecular flexibility index (Phi) is 3.69. The molecule has 2 aromatic rings. The number of nitrogens with zero attached hydrogens (tertiary/aromatic N) is 1. The molecule has 0 spiro atoms. The fourth-order valence-corrected chi connectivity index (χ4v) is 3.78. The van der Waals surface area contributed by atoms with Crippen LogP contribution in [0.25, 0.3) is 10.8 Å². The minimum Gasteiger partial charge on any atom is -0.744 e. The molecule has 0 aliphatic carbocycles. The predicted molar refractivity (Wildman–Crippen MR) is 83.4 cm³/mol. The molecule has 2 aromatic carbocycles. The van der Waals surface area contributed by atoms with Crippen LogP contribution in [0, 0.1) is 0 Å². The van der Waals surface area contributed by atoms with E-state index in [1.165, 1.54) is 6.07 Å². The predicted octanol–water partition coefficient (Wildman–Crippen LogP) is 2.08. The molecule has 0 radical (unpaired) electrons. The third-order valence-corrected chi connectivity index (χ3v) is 5.00. The Morgan fingerprint density at radius 3 is 2.65 bits per heavy atom. The quantitative estimate of drug-likeness (QED) is 0.667. The van der Waals surface area contributed by atoms with Crippen LogP contribution >= 0.6 is 0 Å². The van der Waals surface area contributed by atoms with Gasteiger partial charge in [0.15, 0.2) is 5.71 Å². The Morgan fingerprint density at radius 2 is 2.00 bits per heavy atom. The van der Waals surface area contributed by atoms with Crippen molar-refractivity contribution in [2.24, 2.45) is 0 Å². The molecule has 0 aromatic heterocycles. The summed E-state index contributed by atoms with van der Waals surface area (Å²) in [5.41, 5.74) is 2.61. The second kappa shape index (κ2) is 5.43. The standard InChI is InChI=1S/C16H15NO5S/c1-10-11-4-2-5-12-14(23(20,21)22)8-7-13(16(11)12)17(10)9-3-6-15(18)19/h2,4-5,7-8H,3,6,9H2,1H3,(H-,18,19,20,21,22). The lowest BCUT2D eigenvalue weighted by molar-refractivity contribution is -0.437. The molecule has 0 bridgehead atoms. The smallest absolute Gasteiger partial charge is 0.303 e. The highest BCUT2D eigenvalue weighted by molar-refractivity contribution is 7.86. The molecule has 0 saturated heterocycles. The Hall–Kier alpha value is -2.25. The van der Waals surface area contributed by atoms with Gasteiger partial charge in [0, 0.05) is 24.8 Å². The van der Waals surface area contributed by atoms with E-state index in [1.54, 1.807) is 18.2 Å². The van der Waals surface area contributed by atoms with Gasteiger partial charge in [0.1, 0.15) is 16.7 Å². The first-order valence-electron chi connectivity index (χ1n) is 7.15. The molecule has 23 heavy (non-hydrogen) atoms. The van der Waals surface area contributed by atoms with Crippen molar-refractivity contribution < 1.29 is 27.4 Å². The van der Waals surface area contributed by atoms with Crippen LogP contribution in [0.1, 0.15) is 25.3 Å². The SMILES string of the molecule is CC1=[N+](CCCC(=O)O)c2ccc(S(=O)(=O)[O-])c3cccc1c23. The summed E-state index contributed by atoms with van der Waals surface area (Å²) in [6, 6.07) is 8.17. The molecule has 1 aliphatic heterocycles. The fraction of sp³-hybridized carbons (Fsp3) is 0.250. The molecule has 120 valence electrons. The number of rotatable bonds is 5. The van der Waals surface area contributed by atoms with Crippen molar-refractivity contribution in [3.8, 4) is 0 Å². The normalized spacial score (nSPS) is 13.8. The first-order valence-corrected chi connectivity index (χ1v) is 8.56. The average Bonchev–Trinajstić information content (AvgIpc) is 2.74. The molecule has 0 amide bonds. The van der Waals surface area contributed by atoms with E-state index in [2.05, 4.69) is 0 Å². The average molecular weight is 333 g/mol. The van der Waals surface area contributed by atoms with Crippen molar-refractivity contribution in [1.29, 1.82) is 0 Å². The van der Waals surface area contributed by atoms with E-state index in [1.807, 2.05) is 17.6 Å². The van der Waals surface area contributed by atoms with Gasteiger partial charge in [-0.05, 0) is 12.1 Å². The second-order valence-electron chi connectivity index (χ2n) is 5.50. The lowest BCUT2D eigenvalue weighted by Gasteiger charge is -2.10. The summed E-state index contributed by atoms with van der Waals surface area (Å²) in [5.74, 6) is -0.850. The zero-order valence-corrected chi connectivity index (χ0v) is 13.3. The molecule has 0 unspecified atom stereocenters. The second-order valence-corrected chi connectivity index (χ2v) is 6.85. The highest BCUT2D eigenvalue weighted by Gasteiger charge is 2.30. The fourth-order valence-electron chi connectivity index (χ4n) is 3.11. The molecule has 1 N–H and O–H groups in total. The van der Waals surface area contributed by atoms with Crippen LogP contribution in [-0.4, -0.2) is 40.9 Å². The van der Waals surface area contributed by atoms with Crippen LogP contribution in [0.4, 0.5) is 5.69 Å². The Morgan fingerprint density at radius 1 is 1.26 bits per heavy atom. The molecule has 7 heteroatoms. The van der Waals surface area contributed by atoms with Gasteiger partial charge in [-0.3, -0.25) is 4.79 Å². The van der Waals surface area contributed by atoms with E-state index in [9.17, 15) is 17.8 Å². The number of carboxylic acid groups (broad SMARTS) is 1. The van der Waals surface area contributed by atoms with Gasteiger partial charge in [-0.2, -0.15) is 4.58 Å². The lowest BCUT2D eigenvalue weighted by atomic mass is 10.0. The van der Waals surface area contributed by atoms with Gasteiger partial charge in [0.25, 0.3) is 0 Å². The summed E-state index contributed by atoms with van der Waals surface area (Å²) in [6.07, 6.45) is 0.542. The summed E-state index contributed by atoms with van der Waals surface area (Å²) in [4.78, 5) is 10.5. The molecule has 1 aliphatic rings. The van der Waals surface area contributed by atoms with Crippen molar-refractivity contribution in [2.45, 2.75) is 24.7 Å². The Balaban J connectivity index is 2.14. The molecule has 6 nitrogen and oxygen atoms in total. The number of hydrogen-bond acceptors (Lipinski definition) is 4. The third kappa shape index (κ3) is 2.62. The first kappa shape index (κ1) is 15.6. The number of carboxylic acids is 1. The monoisotopic (exact) mass is 333 g/mol. The van der Waals surface area contributed by atoms with Gasteiger partial charge >= 0.3 is 5.97 Å². The van der Waals surface area contributed by atoms with Crippen molar-refractivity contribution in [3.05, 3.63) is 35.9 Å². The van der Waals surface area contributed by atoms with E-state index in [0.717, 1.165) is 22.3 Å². The van der Waals surface area contributed by atoms with Crippen LogP contribution < -0.4 is 0 Å². The number of benzene rings is 2. The van der Waals surface area contributed by atoms with Gasteiger partial charge in [0.2, 0.25) is 5.69 Å². The Labute approximate surface area is 133 Å². The maximum atomic E-state index is 11.5. The minimum absolute atomic E-state index is 0.0658. The largest absolute Gasteiger partial charge is 0.744 e. The van der Waals surface area contributed by atoms with E-state index < -0.39 is 16.1 Å². The highest BCUT2D eigenvalue weighted by Crippen LogP contribution is 2.38. The van der Waals surface area contributed by atoms with Crippen LogP contribution in [0.15, 0.2) is 35.2 Å². The zero-order chi connectivity index (χ0) is 16.8. The molecule has 0 atom stereocenters. The van der Waals surface area contributed by atoms with E-state index >= 15 is 0 Å². The number of aliphatic carboxylic acids is 1. The van der Waals surface area contributed by atoms with E-state index in [4.69, 9.17) is 5.11 Å². The number of carbonyl (C=O) groups is 1. The third-order valence-electron chi connectivity index (χ3n) is 4.11. The van der Waals surface area contributed by atoms with Gasteiger partial charge in [-0.15, -0.1) is 0 Å². The summed E-state index contributed by atoms with van der Waals surface area (Å²) in [7, 11) is -4.55. The highest BCUT2D eigenvalue weighted by atomic mass is 32.2. The molecular weight excluding hydrogens is 318 g/mol. The minimum atomic E-state index is -4.55. The molecule has 3 rings (SSSR count). The summed E-state index contributed by atoms with van der Waals surface area (Å²) in [6.45, 7) is 2.42. The van der Waals surface area contributed by atoms with E-state index in [0.29, 0.717) is 18.4 Å². The van der Waals surface area contributed by atoms with Crippen molar-refractivity contribution in [3.63, 3.8) is 0 Å². The van der Waals surface area contributed by atoms with Gasteiger partial charge in [-0.25, -0.2) is 8.42 Å². The molecule has 0 saturated carbocycles. The molecule has 1 heterocycles. The lowest BCUT2D eigenvalue weighted by Crippen LogP contribution is -2.13. The number of hydrogen-bond donors (Lipinski definition) is 1. The van der Waals surface area contributed by atoms with Crippen molar-refractivity contribution in [2.75, 3.05) is 6.54 Å².